The summed E-state index contributed by atoms with van der Waals surface area (Å²) >= 11 is 6.00. The van der Waals surface area contributed by atoms with Crippen molar-refractivity contribution in [1.29, 1.82) is 0 Å². The molecule has 1 aromatic heterocycles. The zero-order valence-electron chi connectivity index (χ0n) is 11.6. The summed E-state index contributed by atoms with van der Waals surface area (Å²) in [5.74, 6) is 1.09. The lowest BCUT2D eigenvalue weighted by molar-refractivity contribution is 0.202. The topological polar surface area (TPSA) is 74.6 Å². The van der Waals surface area contributed by atoms with Gasteiger partial charge >= 0.3 is 0 Å². The van der Waals surface area contributed by atoms with E-state index in [0.29, 0.717) is 31.6 Å². The molecule has 0 spiro atoms. The molecule has 1 N–H and O–H groups in total. The van der Waals surface area contributed by atoms with Gasteiger partial charge < -0.3 is 19.6 Å². The largest absolute Gasteiger partial charge is 0.395 e. The van der Waals surface area contributed by atoms with Crippen molar-refractivity contribution in [3.05, 3.63) is 5.28 Å². The second kappa shape index (κ2) is 7.56. The summed E-state index contributed by atoms with van der Waals surface area (Å²) in [6, 6.07) is 0. The van der Waals surface area contributed by atoms with E-state index in [1.165, 1.54) is 0 Å². The van der Waals surface area contributed by atoms with Crippen molar-refractivity contribution in [2.24, 2.45) is 0 Å². The van der Waals surface area contributed by atoms with Crippen LogP contribution in [0.2, 0.25) is 5.28 Å². The highest BCUT2D eigenvalue weighted by Crippen LogP contribution is 2.20. The lowest BCUT2D eigenvalue weighted by Crippen LogP contribution is -2.32. The van der Waals surface area contributed by atoms with E-state index in [1.807, 2.05) is 4.90 Å². The summed E-state index contributed by atoms with van der Waals surface area (Å²) < 4.78 is 5.06. The molecule has 0 atom stereocenters. The highest BCUT2D eigenvalue weighted by molar-refractivity contribution is 6.28. The second-order valence-electron chi connectivity index (χ2n) is 4.60. The summed E-state index contributed by atoms with van der Waals surface area (Å²) in [6.45, 7) is 3.46. The van der Waals surface area contributed by atoms with Crippen LogP contribution in [0.1, 0.15) is 12.8 Å². The van der Waals surface area contributed by atoms with Crippen molar-refractivity contribution in [2.75, 3.05) is 56.3 Å². The van der Waals surface area contributed by atoms with Gasteiger partial charge in [-0.2, -0.15) is 15.0 Å². The molecule has 0 radical (unpaired) electrons. The van der Waals surface area contributed by atoms with Gasteiger partial charge in [0.2, 0.25) is 17.2 Å². The molecule has 1 aromatic rings. The van der Waals surface area contributed by atoms with Gasteiger partial charge in [-0.1, -0.05) is 0 Å². The Labute approximate surface area is 123 Å². The van der Waals surface area contributed by atoms with E-state index in [-0.39, 0.29) is 11.9 Å². The quantitative estimate of drug-likeness (QED) is 0.789. The molecular formula is C12H20ClN5O2. The van der Waals surface area contributed by atoms with E-state index in [2.05, 4.69) is 19.9 Å². The normalized spacial score (nSPS) is 14.8. The molecule has 0 amide bonds. The number of nitrogens with zero attached hydrogens (tertiary/aromatic N) is 5. The van der Waals surface area contributed by atoms with Gasteiger partial charge in [0.1, 0.15) is 0 Å². The Morgan fingerprint density at radius 1 is 1.25 bits per heavy atom. The first kappa shape index (κ1) is 15.2. The number of hydrogen-bond acceptors (Lipinski definition) is 7. The molecule has 1 fully saturated rings. The van der Waals surface area contributed by atoms with Crippen LogP contribution in [0.4, 0.5) is 11.9 Å². The molecule has 1 aliphatic heterocycles. The molecule has 20 heavy (non-hydrogen) atoms. The average Bonchev–Trinajstić information content (AvgIpc) is 2.97. The van der Waals surface area contributed by atoms with Crippen molar-refractivity contribution in [3.8, 4) is 0 Å². The van der Waals surface area contributed by atoms with Crippen LogP contribution < -0.4 is 9.80 Å². The zero-order valence-corrected chi connectivity index (χ0v) is 12.4. The molecule has 2 heterocycles. The van der Waals surface area contributed by atoms with E-state index in [4.69, 9.17) is 21.4 Å². The maximum atomic E-state index is 9.15. The number of methoxy groups -OCH3 is 1. The van der Waals surface area contributed by atoms with Gasteiger partial charge in [0, 0.05) is 33.3 Å². The SMILES string of the molecule is COCCN(CCO)c1nc(Cl)nc(N2CCCC2)n1. The lowest BCUT2D eigenvalue weighted by atomic mass is 10.4. The van der Waals surface area contributed by atoms with Crippen molar-refractivity contribution < 1.29 is 9.84 Å². The first-order valence-corrected chi connectivity index (χ1v) is 7.13. The molecule has 112 valence electrons. The predicted molar refractivity (Wildman–Crippen MR) is 77.5 cm³/mol. The Morgan fingerprint density at radius 2 is 2.00 bits per heavy atom. The first-order chi connectivity index (χ1) is 9.74. The number of halogens is 1. The van der Waals surface area contributed by atoms with Crippen LogP contribution in [0.3, 0.4) is 0 Å². The predicted octanol–water partition coefficient (Wildman–Crippen LogP) is 0.570. The van der Waals surface area contributed by atoms with E-state index < -0.39 is 0 Å². The Balaban J connectivity index is 2.19. The fourth-order valence-electron chi connectivity index (χ4n) is 2.16. The van der Waals surface area contributed by atoms with Gasteiger partial charge in [-0.05, 0) is 24.4 Å². The Hall–Kier alpha value is -1.18. The maximum Gasteiger partial charge on any atom is 0.231 e. The number of aromatic nitrogens is 3. The number of aliphatic hydroxyl groups excluding tert-OH is 1. The van der Waals surface area contributed by atoms with Crippen LogP contribution in [-0.4, -0.2) is 66.6 Å². The van der Waals surface area contributed by atoms with Crippen LogP contribution in [0.15, 0.2) is 0 Å². The van der Waals surface area contributed by atoms with Crippen molar-refractivity contribution in [2.45, 2.75) is 12.8 Å². The van der Waals surface area contributed by atoms with Crippen LogP contribution in [0, 0.1) is 0 Å². The second-order valence-corrected chi connectivity index (χ2v) is 4.94. The van der Waals surface area contributed by atoms with Crippen molar-refractivity contribution >= 4 is 23.5 Å². The molecule has 1 aliphatic rings. The summed E-state index contributed by atoms with van der Waals surface area (Å²) in [5, 5.41) is 9.33. The Morgan fingerprint density at radius 3 is 2.65 bits per heavy atom. The molecular weight excluding hydrogens is 282 g/mol. The van der Waals surface area contributed by atoms with Crippen LogP contribution >= 0.6 is 11.6 Å². The molecule has 0 saturated carbocycles. The van der Waals surface area contributed by atoms with Crippen molar-refractivity contribution in [3.63, 3.8) is 0 Å². The van der Waals surface area contributed by atoms with Crippen LogP contribution in [0.5, 0.6) is 0 Å². The molecule has 7 nitrogen and oxygen atoms in total. The van der Waals surface area contributed by atoms with Gasteiger partial charge in [-0.3, -0.25) is 0 Å². The molecule has 0 unspecified atom stereocenters. The van der Waals surface area contributed by atoms with Crippen LogP contribution in [-0.2, 0) is 4.74 Å². The van der Waals surface area contributed by atoms with E-state index in [1.54, 1.807) is 7.11 Å². The van der Waals surface area contributed by atoms with Gasteiger partial charge in [0.25, 0.3) is 0 Å². The van der Waals surface area contributed by atoms with Crippen molar-refractivity contribution in [1.82, 2.24) is 15.0 Å². The van der Waals surface area contributed by atoms with Gasteiger partial charge in [-0.15, -0.1) is 0 Å². The Bertz CT molecular complexity index is 428. The molecule has 0 aliphatic carbocycles. The third kappa shape index (κ3) is 3.91. The third-order valence-corrected chi connectivity index (χ3v) is 3.36. The molecule has 2 rings (SSSR count). The number of hydrogen-bond donors (Lipinski definition) is 1. The fraction of sp³-hybridized carbons (Fsp3) is 0.750. The molecule has 0 aromatic carbocycles. The number of ether oxygens (including phenoxy) is 1. The highest BCUT2D eigenvalue weighted by Gasteiger charge is 2.19. The number of anilines is 2. The minimum Gasteiger partial charge on any atom is -0.395 e. The number of rotatable bonds is 7. The zero-order chi connectivity index (χ0) is 14.4. The van der Waals surface area contributed by atoms with Crippen LogP contribution in [0.25, 0.3) is 0 Å². The molecule has 8 heteroatoms. The maximum absolute atomic E-state index is 9.15. The monoisotopic (exact) mass is 301 g/mol. The minimum atomic E-state index is 0.0199. The molecule has 1 saturated heterocycles. The third-order valence-electron chi connectivity index (χ3n) is 3.19. The fourth-order valence-corrected chi connectivity index (χ4v) is 2.31. The van der Waals surface area contributed by atoms with E-state index >= 15 is 0 Å². The smallest absolute Gasteiger partial charge is 0.231 e. The standard InChI is InChI=1S/C12H20ClN5O2/c1-20-9-7-18(6-8-19)12-15-10(13)14-11(16-12)17-4-2-3-5-17/h19H,2-9H2,1H3. The van der Waals surface area contributed by atoms with Gasteiger partial charge in [0.05, 0.1) is 13.2 Å². The summed E-state index contributed by atoms with van der Waals surface area (Å²) in [5.41, 5.74) is 0. The number of aliphatic hydroxyl groups is 1. The summed E-state index contributed by atoms with van der Waals surface area (Å²) in [6.07, 6.45) is 2.28. The first-order valence-electron chi connectivity index (χ1n) is 6.76. The lowest BCUT2D eigenvalue weighted by Gasteiger charge is -2.23. The van der Waals surface area contributed by atoms with E-state index in [9.17, 15) is 0 Å². The molecule has 0 bridgehead atoms. The summed E-state index contributed by atoms with van der Waals surface area (Å²) in [7, 11) is 1.63. The van der Waals surface area contributed by atoms with Gasteiger partial charge in [0.15, 0.2) is 0 Å². The van der Waals surface area contributed by atoms with E-state index in [0.717, 1.165) is 25.9 Å². The van der Waals surface area contributed by atoms with Gasteiger partial charge in [-0.25, -0.2) is 0 Å². The average molecular weight is 302 g/mol. The summed E-state index contributed by atoms with van der Waals surface area (Å²) in [4.78, 5) is 16.8. The highest BCUT2D eigenvalue weighted by atomic mass is 35.5. The minimum absolute atomic E-state index is 0.0199. The Kier molecular flexibility index (Phi) is 5.75.